The Kier molecular flexibility index (Phi) is 4.47. The van der Waals surface area contributed by atoms with Gasteiger partial charge in [0.15, 0.2) is 5.82 Å². The predicted octanol–water partition coefficient (Wildman–Crippen LogP) is 2.75. The number of amides is 1. The monoisotopic (exact) mass is 391 g/mol. The van der Waals surface area contributed by atoms with Gasteiger partial charge in [-0.1, -0.05) is 12.1 Å². The Labute approximate surface area is 169 Å². The zero-order chi connectivity index (χ0) is 20.0. The number of fused-ring (bicyclic) bond motifs is 2. The van der Waals surface area contributed by atoms with Crippen LogP contribution < -0.4 is 4.90 Å². The minimum absolute atomic E-state index is 0.0952. The smallest absolute Gasteiger partial charge is 0.219 e. The molecule has 0 aliphatic carbocycles. The molecule has 1 fully saturated rings. The van der Waals surface area contributed by atoms with E-state index in [2.05, 4.69) is 35.0 Å². The Morgan fingerprint density at radius 3 is 2.97 bits per heavy atom. The lowest BCUT2D eigenvalue weighted by atomic mass is 10.0. The number of anilines is 1. The molecular formula is C22H25N5O2. The molecule has 2 aromatic heterocycles. The van der Waals surface area contributed by atoms with Gasteiger partial charge >= 0.3 is 0 Å². The number of benzene rings is 1. The van der Waals surface area contributed by atoms with Crippen molar-refractivity contribution in [3.05, 3.63) is 41.7 Å². The zero-order valence-electron chi connectivity index (χ0n) is 16.8. The first-order valence-electron chi connectivity index (χ1n) is 10.2. The third-order valence-electron chi connectivity index (χ3n) is 5.96. The second kappa shape index (κ2) is 7.15. The molecule has 5 rings (SSSR count). The fourth-order valence-corrected chi connectivity index (χ4v) is 4.35. The van der Waals surface area contributed by atoms with E-state index in [0.717, 1.165) is 52.3 Å². The Balaban J connectivity index is 1.67. The maximum atomic E-state index is 12.0. The van der Waals surface area contributed by atoms with Crippen molar-refractivity contribution in [3.63, 3.8) is 0 Å². The van der Waals surface area contributed by atoms with Crippen molar-refractivity contribution in [2.24, 2.45) is 0 Å². The number of H-pyrrole nitrogens is 1. The Morgan fingerprint density at radius 1 is 1.24 bits per heavy atom. The van der Waals surface area contributed by atoms with Gasteiger partial charge in [0.2, 0.25) is 5.91 Å². The van der Waals surface area contributed by atoms with Gasteiger partial charge in [-0.25, -0.2) is 9.97 Å². The molecule has 1 atom stereocenters. The van der Waals surface area contributed by atoms with Crippen LogP contribution >= 0.6 is 0 Å². The third kappa shape index (κ3) is 3.15. The van der Waals surface area contributed by atoms with Gasteiger partial charge in [0, 0.05) is 54.7 Å². The minimum atomic E-state index is 0.0952. The molecule has 7 nitrogen and oxygen atoms in total. The molecule has 0 saturated carbocycles. The van der Waals surface area contributed by atoms with E-state index in [1.54, 1.807) is 6.92 Å². The topological polar surface area (TPSA) is 74.4 Å². The van der Waals surface area contributed by atoms with Crippen molar-refractivity contribution < 1.29 is 9.53 Å². The number of morpholine rings is 1. The summed E-state index contributed by atoms with van der Waals surface area (Å²) >= 11 is 0. The van der Waals surface area contributed by atoms with Gasteiger partial charge in [0.05, 0.1) is 31.5 Å². The lowest BCUT2D eigenvalue weighted by Crippen LogP contribution is -2.46. The summed E-state index contributed by atoms with van der Waals surface area (Å²) in [5.74, 6) is 1.79. The summed E-state index contributed by atoms with van der Waals surface area (Å²) in [6.45, 7) is 7.21. The second-order valence-electron chi connectivity index (χ2n) is 7.85. The molecule has 3 aromatic rings. The quantitative estimate of drug-likeness (QED) is 0.727. The molecule has 0 unspecified atom stereocenters. The number of nitrogens with zero attached hydrogens (tertiary/aromatic N) is 4. The summed E-state index contributed by atoms with van der Waals surface area (Å²) in [6.07, 6.45) is 2.70. The van der Waals surface area contributed by atoms with Gasteiger partial charge in [0.1, 0.15) is 5.82 Å². The van der Waals surface area contributed by atoms with Gasteiger partial charge in [-0.15, -0.1) is 0 Å². The van der Waals surface area contributed by atoms with Crippen molar-refractivity contribution in [3.8, 4) is 11.4 Å². The number of carbonyl (C=O) groups is 1. The van der Waals surface area contributed by atoms with E-state index in [1.807, 2.05) is 17.2 Å². The van der Waals surface area contributed by atoms with Gasteiger partial charge < -0.3 is 19.5 Å². The number of nitrogens with one attached hydrogen (secondary N) is 1. The average Bonchev–Trinajstić information content (AvgIpc) is 3.22. The van der Waals surface area contributed by atoms with E-state index < -0.39 is 0 Å². The highest BCUT2D eigenvalue weighted by molar-refractivity contribution is 5.93. The maximum Gasteiger partial charge on any atom is 0.219 e. The van der Waals surface area contributed by atoms with Crippen molar-refractivity contribution in [2.45, 2.75) is 32.9 Å². The molecule has 2 aliphatic heterocycles. The Morgan fingerprint density at radius 2 is 2.14 bits per heavy atom. The summed E-state index contributed by atoms with van der Waals surface area (Å²) in [7, 11) is 0. The van der Waals surface area contributed by atoms with E-state index in [1.165, 1.54) is 0 Å². The number of hydrogen-bond donors (Lipinski definition) is 1. The van der Waals surface area contributed by atoms with Crippen LogP contribution in [0.2, 0.25) is 0 Å². The molecule has 29 heavy (non-hydrogen) atoms. The molecule has 1 saturated heterocycles. The molecule has 0 spiro atoms. The fourth-order valence-electron chi connectivity index (χ4n) is 4.35. The summed E-state index contributed by atoms with van der Waals surface area (Å²) < 4.78 is 5.65. The van der Waals surface area contributed by atoms with Crippen LogP contribution in [0.1, 0.15) is 25.1 Å². The highest BCUT2D eigenvalue weighted by atomic mass is 16.5. The van der Waals surface area contributed by atoms with Crippen LogP contribution in [0.3, 0.4) is 0 Å². The lowest BCUT2D eigenvalue weighted by molar-refractivity contribution is -0.129. The first-order valence-corrected chi connectivity index (χ1v) is 10.2. The number of ether oxygens (including phenoxy) is 1. The summed E-state index contributed by atoms with van der Waals surface area (Å²) in [6, 6.07) is 8.47. The van der Waals surface area contributed by atoms with E-state index in [4.69, 9.17) is 14.7 Å². The SMILES string of the molecule is CC(=O)N1CCc2nc(-c3cccc4[nH]ccc34)nc(N3CCOC[C@H]3C)c2C1. The molecule has 7 heteroatoms. The highest BCUT2D eigenvalue weighted by Gasteiger charge is 2.30. The van der Waals surface area contributed by atoms with Crippen LogP contribution in [0.5, 0.6) is 0 Å². The number of hydrogen-bond acceptors (Lipinski definition) is 5. The van der Waals surface area contributed by atoms with E-state index in [0.29, 0.717) is 26.3 Å². The van der Waals surface area contributed by atoms with Gasteiger partial charge in [0.25, 0.3) is 0 Å². The number of rotatable bonds is 2. The molecule has 0 bridgehead atoms. The van der Waals surface area contributed by atoms with Crippen LogP contribution in [0.4, 0.5) is 5.82 Å². The van der Waals surface area contributed by atoms with Crippen LogP contribution in [-0.4, -0.2) is 58.1 Å². The fraction of sp³-hybridized carbons (Fsp3) is 0.409. The van der Waals surface area contributed by atoms with Gasteiger partial charge in [-0.05, 0) is 19.1 Å². The molecule has 0 radical (unpaired) electrons. The summed E-state index contributed by atoms with van der Waals surface area (Å²) in [5.41, 5.74) is 4.23. The van der Waals surface area contributed by atoms with Crippen LogP contribution in [0.15, 0.2) is 30.5 Å². The minimum Gasteiger partial charge on any atom is -0.377 e. The molecular weight excluding hydrogens is 366 g/mol. The highest BCUT2D eigenvalue weighted by Crippen LogP contribution is 2.33. The van der Waals surface area contributed by atoms with Crippen molar-refractivity contribution >= 4 is 22.6 Å². The number of carbonyl (C=O) groups excluding carboxylic acids is 1. The Bertz CT molecular complexity index is 1080. The first kappa shape index (κ1) is 18.1. The number of aromatic amines is 1. The average molecular weight is 391 g/mol. The standard InChI is InChI=1S/C22H25N5O2/c1-14-13-29-11-10-27(14)22-18-12-26(15(2)28)9-7-20(18)24-21(25-22)17-4-3-5-19-16(17)6-8-23-19/h3-6,8,14,23H,7,9-13H2,1-2H3/t14-/m1/s1. The van der Waals surface area contributed by atoms with Crippen molar-refractivity contribution in [2.75, 3.05) is 31.2 Å². The molecule has 1 N–H and O–H groups in total. The van der Waals surface area contributed by atoms with Crippen LogP contribution in [0.25, 0.3) is 22.3 Å². The Hall–Kier alpha value is -2.93. The number of aromatic nitrogens is 3. The maximum absolute atomic E-state index is 12.0. The van der Waals surface area contributed by atoms with E-state index in [-0.39, 0.29) is 11.9 Å². The normalized spacial score (nSPS) is 19.4. The van der Waals surface area contributed by atoms with E-state index >= 15 is 0 Å². The molecule has 4 heterocycles. The van der Waals surface area contributed by atoms with Crippen molar-refractivity contribution in [1.82, 2.24) is 19.9 Å². The van der Waals surface area contributed by atoms with Gasteiger partial charge in [-0.2, -0.15) is 0 Å². The van der Waals surface area contributed by atoms with Crippen LogP contribution in [-0.2, 0) is 22.5 Å². The largest absolute Gasteiger partial charge is 0.377 e. The molecule has 1 amide bonds. The van der Waals surface area contributed by atoms with Crippen molar-refractivity contribution in [1.29, 1.82) is 0 Å². The molecule has 2 aliphatic rings. The molecule has 150 valence electrons. The summed E-state index contributed by atoms with van der Waals surface area (Å²) in [4.78, 5) is 29.5. The zero-order valence-corrected chi connectivity index (χ0v) is 16.8. The van der Waals surface area contributed by atoms with Gasteiger partial charge in [-0.3, -0.25) is 4.79 Å². The third-order valence-corrected chi connectivity index (χ3v) is 5.96. The van der Waals surface area contributed by atoms with E-state index in [9.17, 15) is 4.79 Å². The first-order chi connectivity index (χ1) is 14.1. The van der Waals surface area contributed by atoms with Crippen LogP contribution in [0, 0.1) is 0 Å². The predicted molar refractivity (Wildman–Crippen MR) is 112 cm³/mol. The second-order valence-corrected chi connectivity index (χ2v) is 7.85. The summed E-state index contributed by atoms with van der Waals surface area (Å²) in [5, 5.41) is 1.12. The lowest BCUT2D eigenvalue weighted by Gasteiger charge is -2.38. The molecule has 1 aromatic carbocycles.